The Morgan fingerprint density at radius 1 is 1.07 bits per heavy atom. The number of rotatable bonds is 1. The van der Waals surface area contributed by atoms with E-state index in [1.54, 1.807) is 0 Å². The van der Waals surface area contributed by atoms with Crippen LogP contribution in [-0.2, 0) is 0 Å². The Kier molecular flexibility index (Phi) is 3.15. The van der Waals surface area contributed by atoms with Gasteiger partial charge in [-0.15, -0.1) is 11.8 Å². The molecule has 0 spiro atoms. The largest absolute Gasteiger partial charge is 0.398 e. The molecule has 0 aliphatic rings. The van der Waals surface area contributed by atoms with Gasteiger partial charge in [0.05, 0.1) is 0 Å². The Balaban J connectivity index is 3.04. The van der Waals surface area contributed by atoms with Gasteiger partial charge in [0.25, 0.3) is 0 Å². The molecule has 0 fully saturated rings. The molecule has 78 valence electrons. The van der Waals surface area contributed by atoms with Crippen LogP contribution in [0.3, 0.4) is 0 Å². The summed E-state index contributed by atoms with van der Waals surface area (Å²) in [5.74, 6) is 0. The number of hydrogen-bond donors (Lipinski definition) is 1. The molecule has 0 amide bonds. The second-order valence-electron chi connectivity index (χ2n) is 4.69. The number of nitrogen functional groups attached to an aromatic ring is 1. The number of thioether (sulfide) groups is 1. The van der Waals surface area contributed by atoms with E-state index in [1.807, 2.05) is 11.8 Å². The van der Waals surface area contributed by atoms with Gasteiger partial charge in [0.1, 0.15) is 0 Å². The van der Waals surface area contributed by atoms with Crippen molar-refractivity contribution < 1.29 is 0 Å². The van der Waals surface area contributed by atoms with Crippen LogP contribution in [-0.4, -0.2) is 4.75 Å². The Morgan fingerprint density at radius 3 is 2.07 bits per heavy atom. The van der Waals surface area contributed by atoms with Gasteiger partial charge in [-0.1, -0.05) is 20.8 Å². The molecule has 0 atom stereocenters. The van der Waals surface area contributed by atoms with Gasteiger partial charge in [-0.25, -0.2) is 0 Å². The first-order valence-electron chi connectivity index (χ1n) is 4.85. The molecule has 14 heavy (non-hydrogen) atoms. The van der Waals surface area contributed by atoms with Crippen molar-refractivity contribution in [3.63, 3.8) is 0 Å². The van der Waals surface area contributed by atoms with Gasteiger partial charge in [-0.3, -0.25) is 0 Å². The fraction of sp³-hybridized carbons (Fsp3) is 0.500. The minimum atomic E-state index is 0.218. The molecule has 0 aliphatic carbocycles. The van der Waals surface area contributed by atoms with E-state index in [4.69, 9.17) is 5.73 Å². The topological polar surface area (TPSA) is 26.0 Å². The summed E-state index contributed by atoms with van der Waals surface area (Å²) in [7, 11) is 0. The molecule has 0 saturated carbocycles. The summed E-state index contributed by atoms with van der Waals surface area (Å²) in [4.78, 5) is 1.20. The van der Waals surface area contributed by atoms with Crippen LogP contribution < -0.4 is 5.73 Å². The van der Waals surface area contributed by atoms with Crippen molar-refractivity contribution in [1.82, 2.24) is 0 Å². The lowest BCUT2D eigenvalue weighted by Gasteiger charge is -2.19. The first kappa shape index (κ1) is 11.4. The van der Waals surface area contributed by atoms with Crippen LogP contribution >= 0.6 is 11.8 Å². The van der Waals surface area contributed by atoms with Gasteiger partial charge in [-0.2, -0.15) is 0 Å². The van der Waals surface area contributed by atoms with Crippen LogP contribution in [0.25, 0.3) is 0 Å². The van der Waals surface area contributed by atoms with E-state index < -0.39 is 0 Å². The SMILES string of the molecule is Cc1cc(N)c(SC(C)(C)C)cc1C. The van der Waals surface area contributed by atoms with Crippen LogP contribution in [0.2, 0.25) is 0 Å². The second kappa shape index (κ2) is 3.85. The summed E-state index contributed by atoms with van der Waals surface area (Å²) in [5, 5.41) is 0. The highest BCUT2D eigenvalue weighted by Crippen LogP contribution is 2.36. The fourth-order valence-corrected chi connectivity index (χ4v) is 2.30. The van der Waals surface area contributed by atoms with Crippen molar-refractivity contribution in [3.8, 4) is 0 Å². The van der Waals surface area contributed by atoms with Gasteiger partial charge < -0.3 is 5.73 Å². The molecule has 0 aliphatic heterocycles. The lowest BCUT2D eigenvalue weighted by Crippen LogP contribution is -2.07. The van der Waals surface area contributed by atoms with E-state index in [2.05, 4.69) is 46.8 Å². The highest BCUT2D eigenvalue weighted by Gasteiger charge is 2.14. The standard InChI is InChI=1S/C12H19NS/c1-8-6-10(13)11(7-9(8)2)14-12(3,4)5/h6-7H,13H2,1-5H3. The van der Waals surface area contributed by atoms with Crippen LogP contribution in [0.4, 0.5) is 5.69 Å². The first-order valence-corrected chi connectivity index (χ1v) is 5.67. The Hall–Kier alpha value is -0.630. The summed E-state index contributed by atoms with van der Waals surface area (Å²) in [5.41, 5.74) is 9.45. The first-order chi connectivity index (χ1) is 6.29. The molecular formula is C12H19NS. The predicted octanol–water partition coefficient (Wildman–Crippen LogP) is 3.78. The third-order valence-electron chi connectivity index (χ3n) is 2.04. The molecule has 2 N–H and O–H groups in total. The molecule has 0 unspecified atom stereocenters. The van der Waals surface area contributed by atoms with Crippen LogP contribution in [0.1, 0.15) is 31.9 Å². The Labute approximate surface area is 91.1 Å². The van der Waals surface area contributed by atoms with Crippen molar-refractivity contribution in [2.24, 2.45) is 0 Å². The summed E-state index contributed by atoms with van der Waals surface area (Å²) in [6.07, 6.45) is 0. The fourth-order valence-electron chi connectivity index (χ4n) is 1.23. The molecular weight excluding hydrogens is 190 g/mol. The van der Waals surface area contributed by atoms with Crippen molar-refractivity contribution in [2.75, 3.05) is 5.73 Å². The molecule has 1 aromatic carbocycles. The third kappa shape index (κ3) is 2.95. The maximum absolute atomic E-state index is 5.98. The lowest BCUT2D eigenvalue weighted by atomic mass is 10.1. The van der Waals surface area contributed by atoms with E-state index in [0.29, 0.717) is 0 Å². The number of hydrogen-bond acceptors (Lipinski definition) is 2. The van der Waals surface area contributed by atoms with Gasteiger partial charge in [0.2, 0.25) is 0 Å². The quantitative estimate of drug-likeness (QED) is 0.562. The Morgan fingerprint density at radius 2 is 1.57 bits per heavy atom. The van der Waals surface area contributed by atoms with Gasteiger partial charge in [0, 0.05) is 15.3 Å². The summed E-state index contributed by atoms with van der Waals surface area (Å²) in [6, 6.07) is 4.24. The van der Waals surface area contributed by atoms with E-state index in [9.17, 15) is 0 Å². The zero-order valence-electron chi connectivity index (χ0n) is 9.64. The monoisotopic (exact) mass is 209 g/mol. The molecule has 2 heteroatoms. The van der Waals surface area contributed by atoms with Crippen LogP contribution in [0, 0.1) is 13.8 Å². The number of nitrogens with two attached hydrogens (primary N) is 1. The van der Waals surface area contributed by atoms with E-state index in [-0.39, 0.29) is 4.75 Å². The van der Waals surface area contributed by atoms with Gasteiger partial charge in [-0.05, 0) is 37.1 Å². The molecule has 0 saturated heterocycles. The van der Waals surface area contributed by atoms with Crippen molar-refractivity contribution >= 4 is 17.4 Å². The zero-order chi connectivity index (χ0) is 10.9. The van der Waals surface area contributed by atoms with E-state index in [1.165, 1.54) is 16.0 Å². The van der Waals surface area contributed by atoms with Crippen molar-refractivity contribution in [1.29, 1.82) is 0 Å². The maximum Gasteiger partial charge on any atom is 0.0455 e. The minimum absolute atomic E-state index is 0.218. The van der Waals surface area contributed by atoms with E-state index >= 15 is 0 Å². The molecule has 1 nitrogen and oxygen atoms in total. The molecule has 0 bridgehead atoms. The predicted molar refractivity (Wildman–Crippen MR) is 65.9 cm³/mol. The minimum Gasteiger partial charge on any atom is -0.398 e. The second-order valence-corrected chi connectivity index (χ2v) is 6.56. The average Bonchev–Trinajstić information content (AvgIpc) is 1.97. The molecule has 0 heterocycles. The highest BCUT2D eigenvalue weighted by molar-refractivity contribution is 8.00. The molecule has 0 radical (unpaired) electrons. The van der Waals surface area contributed by atoms with Crippen LogP contribution in [0.5, 0.6) is 0 Å². The highest BCUT2D eigenvalue weighted by atomic mass is 32.2. The maximum atomic E-state index is 5.98. The van der Waals surface area contributed by atoms with E-state index in [0.717, 1.165) is 5.69 Å². The summed E-state index contributed by atoms with van der Waals surface area (Å²) in [6.45, 7) is 10.8. The summed E-state index contributed by atoms with van der Waals surface area (Å²) >= 11 is 1.83. The number of benzene rings is 1. The normalized spacial score (nSPS) is 11.8. The lowest BCUT2D eigenvalue weighted by molar-refractivity contribution is 0.803. The zero-order valence-corrected chi connectivity index (χ0v) is 10.5. The van der Waals surface area contributed by atoms with Crippen molar-refractivity contribution in [3.05, 3.63) is 23.3 Å². The average molecular weight is 209 g/mol. The van der Waals surface area contributed by atoms with Crippen LogP contribution in [0.15, 0.2) is 17.0 Å². The van der Waals surface area contributed by atoms with Gasteiger partial charge in [0.15, 0.2) is 0 Å². The number of aryl methyl sites for hydroxylation is 2. The third-order valence-corrected chi connectivity index (χ3v) is 3.23. The summed E-state index contributed by atoms with van der Waals surface area (Å²) < 4.78 is 0.218. The molecule has 1 aromatic rings. The van der Waals surface area contributed by atoms with Gasteiger partial charge >= 0.3 is 0 Å². The Bertz CT molecular complexity index is 337. The molecule has 0 aromatic heterocycles. The number of anilines is 1. The molecule has 1 rings (SSSR count). The smallest absolute Gasteiger partial charge is 0.0455 e. The van der Waals surface area contributed by atoms with Crippen molar-refractivity contribution in [2.45, 2.75) is 44.3 Å².